The maximum Gasteiger partial charge on any atom is 0.146 e. The van der Waals surface area contributed by atoms with Crippen molar-refractivity contribution in [2.45, 2.75) is 13.0 Å². The highest BCUT2D eigenvalue weighted by Gasteiger charge is 2.21. The molecule has 0 heterocycles. The first-order valence-corrected chi connectivity index (χ1v) is 7.79. The molecule has 2 aromatic carbocycles. The van der Waals surface area contributed by atoms with E-state index in [1.54, 1.807) is 19.2 Å². The highest BCUT2D eigenvalue weighted by Crippen LogP contribution is 2.34. The Morgan fingerprint density at radius 1 is 1.29 bits per heavy atom. The third-order valence-corrected chi connectivity index (χ3v) is 3.95. The topological polar surface area (TPSA) is 21.3 Å². The molecule has 1 unspecified atom stereocenters. The van der Waals surface area contributed by atoms with Crippen molar-refractivity contribution in [1.29, 1.82) is 0 Å². The number of benzene rings is 2. The zero-order valence-electron chi connectivity index (χ0n) is 11.8. The highest BCUT2D eigenvalue weighted by atomic mass is 79.9. The van der Waals surface area contributed by atoms with Gasteiger partial charge in [-0.2, -0.15) is 0 Å². The summed E-state index contributed by atoms with van der Waals surface area (Å²) in [4.78, 5) is 0. The van der Waals surface area contributed by atoms with E-state index in [1.807, 2.05) is 25.1 Å². The fourth-order valence-corrected chi connectivity index (χ4v) is 2.81. The van der Waals surface area contributed by atoms with Crippen LogP contribution in [0.15, 0.2) is 40.9 Å². The van der Waals surface area contributed by atoms with Gasteiger partial charge in [0, 0.05) is 15.6 Å². The quantitative estimate of drug-likeness (QED) is 0.802. The van der Waals surface area contributed by atoms with Crippen molar-refractivity contribution < 1.29 is 9.13 Å². The maximum atomic E-state index is 14.3. The summed E-state index contributed by atoms with van der Waals surface area (Å²) in [6, 6.07) is 10.3. The van der Waals surface area contributed by atoms with Crippen molar-refractivity contribution in [2.75, 3.05) is 13.7 Å². The van der Waals surface area contributed by atoms with Gasteiger partial charge in [-0.1, -0.05) is 39.7 Å². The first-order valence-electron chi connectivity index (χ1n) is 6.61. The van der Waals surface area contributed by atoms with Crippen LogP contribution >= 0.6 is 27.5 Å². The highest BCUT2D eigenvalue weighted by molar-refractivity contribution is 9.10. The first-order chi connectivity index (χ1) is 10.1. The Balaban J connectivity index is 2.55. The minimum Gasteiger partial charge on any atom is -0.494 e. The lowest BCUT2D eigenvalue weighted by molar-refractivity contribution is 0.333. The van der Waals surface area contributed by atoms with Crippen LogP contribution in [0.2, 0.25) is 5.02 Å². The number of hydrogen-bond acceptors (Lipinski definition) is 2. The third kappa shape index (κ3) is 3.57. The Bertz CT molecular complexity index is 636. The van der Waals surface area contributed by atoms with Crippen LogP contribution in [-0.4, -0.2) is 13.7 Å². The molecular weight excluding hydrogens is 357 g/mol. The van der Waals surface area contributed by atoms with Crippen molar-refractivity contribution in [2.24, 2.45) is 0 Å². The van der Waals surface area contributed by atoms with Gasteiger partial charge in [0.15, 0.2) is 0 Å². The third-order valence-electron chi connectivity index (χ3n) is 3.16. The van der Waals surface area contributed by atoms with Gasteiger partial charge in [-0.05, 0) is 38.2 Å². The summed E-state index contributed by atoms with van der Waals surface area (Å²) in [5.41, 5.74) is 1.35. The van der Waals surface area contributed by atoms with Gasteiger partial charge in [0.05, 0.1) is 17.7 Å². The first kappa shape index (κ1) is 16.3. The summed E-state index contributed by atoms with van der Waals surface area (Å²) in [6.07, 6.45) is 0. The number of rotatable bonds is 5. The van der Waals surface area contributed by atoms with Crippen LogP contribution in [-0.2, 0) is 0 Å². The molecule has 2 rings (SSSR count). The molecule has 5 heteroatoms. The second-order valence-electron chi connectivity index (χ2n) is 4.48. The van der Waals surface area contributed by atoms with Crippen LogP contribution in [0, 0.1) is 5.82 Å². The van der Waals surface area contributed by atoms with E-state index >= 15 is 0 Å². The fourth-order valence-electron chi connectivity index (χ4n) is 2.25. The SMILES string of the molecule is CCOc1ccc(Br)cc1C(NC)c1cccc(Cl)c1F. The van der Waals surface area contributed by atoms with Crippen molar-refractivity contribution in [1.82, 2.24) is 5.32 Å². The van der Waals surface area contributed by atoms with Crippen molar-refractivity contribution in [3.63, 3.8) is 0 Å². The van der Waals surface area contributed by atoms with Gasteiger partial charge in [0.2, 0.25) is 0 Å². The molecule has 21 heavy (non-hydrogen) atoms. The maximum absolute atomic E-state index is 14.3. The molecular formula is C16H16BrClFNO. The van der Waals surface area contributed by atoms with E-state index in [1.165, 1.54) is 6.07 Å². The van der Waals surface area contributed by atoms with Crippen LogP contribution < -0.4 is 10.1 Å². The Hall–Kier alpha value is -1.10. The molecule has 0 saturated heterocycles. The summed E-state index contributed by atoms with van der Waals surface area (Å²) in [6.45, 7) is 2.46. The minimum absolute atomic E-state index is 0.112. The molecule has 0 aliphatic carbocycles. The summed E-state index contributed by atoms with van der Waals surface area (Å²) in [5.74, 6) is 0.306. The minimum atomic E-state index is -0.416. The second-order valence-corrected chi connectivity index (χ2v) is 5.80. The van der Waals surface area contributed by atoms with Gasteiger partial charge in [0.25, 0.3) is 0 Å². The molecule has 0 spiro atoms. The van der Waals surface area contributed by atoms with E-state index in [0.29, 0.717) is 12.2 Å². The molecule has 0 aromatic heterocycles. The normalized spacial score (nSPS) is 12.2. The largest absolute Gasteiger partial charge is 0.494 e. The van der Waals surface area contributed by atoms with Crippen molar-refractivity contribution >= 4 is 27.5 Å². The Labute approximate surface area is 137 Å². The molecule has 1 atom stereocenters. The van der Waals surface area contributed by atoms with Crippen LogP contribution in [0.3, 0.4) is 0 Å². The number of ether oxygens (including phenoxy) is 1. The smallest absolute Gasteiger partial charge is 0.146 e. The van der Waals surface area contributed by atoms with Gasteiger partial charge < -0.3 is 10.1 Å². The molecule has 2 aromatic rings. The Morgan fingerprint density at radius 2 is 2.05 bits per heavy atom. The number of hydrogen-bond donors (Lipinski definition) is 1. The van der Waals surface area contributed by atoms with Gasteiger partial charge in [-0.3, -0.25) is 0 Å². The Kier molecular flexibility index (Phi) is 5.62. The zero-order chi connectivity index (χ0) is 15.4. The standard InChI is InChI=1S/C16H16BrClFNO/c1-3-21-14-8-7-10(17)9-12(14)16(20-2)11-5-4-6-13(18)15(11)19/h4-9,16,20H,3H2,1-2H3. The predicted octanol–water partition coefficient (Wildman–Crippen LogP) is 4.95. The average molecular weight is 373 g/mol. The number of halogens is 3. The lowest BCUT2D eigenvalue weighted by Crippen LogP contribution is -2.20. The molecule has 1 N–H and O–H groups in total. The molecule has 0 bridgehead atoms. The lowest BCUT2D eigenvalue weighted by atomic mass is 9.97. The van der Waals surface area contributed by atoms with E-state index in [4.69, 9.17) is 16.3 Å². The summed E-state index contributed by atoms with van der Waals surface area (Å²) >= 11 is 9.34. The summed E-state index contributed by atoms with van der Waals surface area (Å²) in [7, 11) is 1.78. The van der Waals surface area contributed by atoms with E-state index in [9.17, 15) is 4.39 Å². The molecule has 0 amide bonds. The average Bonchev–Trinajstić information content (AvgIpc) is 2.47. The van der Waals surface area contributed by atoms with Crippen LogP contribution in [0.5, 0.6) is 5.75 Å². The fraction of sp³-hybridized carbons (Fsp3) is 0.250. The van der Waals surface area contributed by atoms with Crippen LogP contribution in [0.1, 0.15) is 24.1 Å². The number of nitrogens with one attached hydrogen (secondary N) is 1. The lowest BCUT2D eigenvalue weighted by Gasteiger charge is -2.21. The van der Waals surface area contributed by atoms with E-state index < -0.39 is 5.82 Å². The Morgan fingerprint density at radius 3 is 2.71 bits per heavy atom. The van der Waals surface area contributed by atoms with E-state index in [-0.39, 0.29) is 11.1 Å². The van der Waals surface area contributed by atoms with Gasteiger partial charge in [-0.15, -0.1) is 0 Å². The molecule has 112 valence electrons. The van der Waals surface area contributed by atoms with Crippen LogP contribution in [0.25, 0.3) is 0 Å². The van der Waals surface area contributed by atoms with E-state index in [0.717, 1.165) is 15.8 Å². The molecule has 0 saturated carbocycles. The molecule has 0 radical (unpaired) electrons. The predicted molar refractivity (Wildman–Crippen MR) is 87.6 cm³/mol. The monoisotopic (exact) mass is 371 g/mol. The second kappa shape index (κ2) is 7.25. The van der Waals surface area contributed by atoms with E-state index in [2.05, 4.69) is 21.2 Å². The van der Waals surface area contributed by atoms with Gasteiger partial charge >= 0.3 is 0 Å². The molecule has 0 aliphatic rings. The van der Waals surface area contributed by atoms with Gasteiger partial charge in [-0.25, -0.2) is 4.39 Å². The molecule has 0 aliphatic heterocycles. The van der Waals surface area contributed by atoms with Gasteiger partial charge in [0.1, 0.15) is 11.6 Å². The summed E-state index contributed by atoms with van der Waals surface area (Å²) < 4.78 is 20.9. The molecule has 0 fully saturated rings. The van der Waals surface area contributed by atoms with Crippen molar-refractivity contribution in [3.05, 3.63) is 62.8 Å². The van der Waals surface area contributed by atoms with Crippen LogP contribution in [0.4, 0.5) is 4.39 Å². The van der Waals surface area contributed by atoms with Crippen molar-refractivity contribution in [3.8, 4) is 5.75 Å². The zero-order valence-corrected chi connectivity index (χ0v) is 14.1. The molecule has 2 nitrogen and oxygen atoms in total. The summed E-state index contributed by atoms with van der Waals surface area (Å²) in [5, 5.41) is 3.24.